The van der Waals surface area contributed by atoms with Crippen molar-refractivity contribution in [3.8, 4) is 11.4 Å². The molecular weight excluding hydrogens is 390 g/mol. The average molecular weight is 413 g/mol. The summed E-state index contributed by atoms with van der Waals surface area (Å²) >= 11 is 0. The molecule has 31 heavy (non-hydrogen) atoms. The fourth-order valence-corrected chi connectivity index (χ4v) is 3.53. The number of rotatable bonds is 6. The Morgan fingerprint density at radius 3 is 2.26 bits per heavy atom. The van der Waals surface area contributed by atoms with Gasteiger partial charge in [-0.25, -0.2) is 0 Å². The molecule has 4 rings (SSSR count). The molecule has 0 spiro atoms. The molecule has 0 fully saturated rings. The van der Waals surface area contributed by atoms with E-state index in [2.05, 4.69) is 10.4 Å². The first-order valence-corrected chi connectivity index (χ1v) is 10.1. The van der Waals surface area contributed by atoms with Crippen molar-refractivity contribution in [2.45, 2.75) is 13.8 Å². The number of carbonyl (C=O) groups is 1. The zero-order valence-electron chi connectivity index (χ0n) is 17.5. The van der Waals surface area contributed by atoms with E-state index in [-0.39, 0.29) is 17.2 Å². The Morgan fingerprint density at radius 2 is 1.55 bits per heavy atom. The summed E-state index contributed by atoms with van der Waals surface area (Å²) in [4.78, 5) is 25.9. The second kappa shape index (κ2) is 8.83. The third kappa shape index (κ3) is 4.19. The van der Waals surface area contributed by atoms with Gasteiger partial charge in [0.1, 0.15) is 12.4 Å². The number of aromatic nitrogens is 2. The first kappa shape index (κ1) is 20.3. The van der Waals surface area contributed by atoms with Gasteiger partial charge in [0, 0.05) is 5.39 Å². The van der Waals surface area contributed by atoms with E-state index in [1.807, 2.05) is 50.2 Å². The number of para-hydroxylation sites is 2. The minimum absolute atomic E-state index is 0.200. The van der Waals surface area contributed by atoms with E-state index in [1.165, 1.54) is 4.68 Å². The molecule has 0 atom stereocenters. The minimum atomic E-state index is -0.356. The van der Waals surface area contributed by atoms with Gasteiger partial charge in [0.05, 0.1) is 17.6 Å². The molecule has 0 radical (unpaired) electrons. The van der Waals surface area contributed by atoms with E-state index in [4.69, 9.17) is 4.74 Å². The fourth-order valence-electron chi connectivity index (χ4n) is 3.53. The molecule has 6 heteroatoms. The third-order valence-electron chi connectivity index (χ3n) is 5.06. The molecule has 0 unspecified atom stereocenters. The van der Waals surface area contributed by atoms with Crippen LogP contribution in [0.3, 0.4) is 0 Å². The van der Waals surface area contributed by atoms with Crippen molar-refractivity contribution in [2.75, 3.05) is 13.2 Å². The molecule has 6 nitrogen and oxygen atoms in total. The standard InChI is InChI=1S/C25H23N3O3/c1-17-9-8-10-18(2)23(17)31-16-15-26-24(29)22-20-13-6-7-14-21(20)25(30)28(27-22)19-11-4-3-5-12-19/h3-14H,15-16H2,1-2H3,(H,26,29). The second-order valence-electron chi connectivity index (χ2n) is 7.27. The first-order valence-electron chi connectivity index (χ1n) is 10.1. The van der Waals surface area contributed by atoms with Crippen LogP contribution in [0.15, 0.2) is 77.6 Å². The smallest absolute Gasteiger partial charge is 0.279 e. The fraction of sp³-hybridized carbons (Fsp3) is 0.160. The number of fused-ring (bicyclic) bond motifs is 1. The lowest BCUT2D eigenvalue weighted by Crippen LogP contribution is -2.32. The SMILES string of the molecule is Cc1cccc(C)c1OCCNC(=O)c1nn(-c2ccccc2)c(=O)c2ccccc12. The molecule has 0 aliphatic heterocycles. The number of ether oxygens (including phenoxy) is 1. The Labute approximate surface area is 180 Å². The zero-order chi connectivity index (χ0) is 21.8. The summed E-state index contributed by atoms with van der Waals surface area (Å²) in [5, 5.41) is 8.21. The number of hydrogen-bond donors (Lipinski definition) is 1. The molecule has 4 aromatic rings. The number of hydrogen-bond acceptors (Lipinski definition) is 4. The number of aryl methyl sites for hydroxylation is 2. The van der Waals surface area contributed by atoms with Crippen molar-refractivity contribution < 1.29 is 9.53 Å². The van der Waals surface area contributed by atoms with Crippen LogP contribution in [0.5, 0.6) is 5.75 Å². The van der Waals surface area contributed by atoms with Crippen molar-refractivity contribution in [3.63, 3.8) is 0 Å². The Morgan fingerprint density at radius 1 is 0.903 bits per heavy atom. The summed E-state index contributed by atoms with van der Waals surface area (Å²) in [7, 11) is 0. The number of benzene rings is 3. The van der Waals surface area contributed by atoms with Crippen LogP contribution in [0.4, 0.5) is 0 Å². The quantitative estimate of drug-likeness (QED) is 0.488. The van der Waals surface area contributed by atoms with E-state index < -0.39 is 0 Å². The van der Waals surface area contributed by atoms with Crippen molar-refractivity contribution in [1.82, 2.24) is 15.1 Å². The highest BCUT2D eigenvalue weighted by Gasteiger charge is 2.17. The molecule has 156 valence electrons. The highest BCUT2D eigenvalue weighted by atomic mass is 16.5. The van der Waals surface area contributed by atoms with Crippen LogP contribution in [0, 0.1) is 13.8 Å². The Balaban J connectivity index is 1.58. The molecule has 0 saturated carbocycles. The summed E-state index contributed by atoms with van der Waals surface area (Å²) in [5.41, 5.74) is 2.64. The van der Waals surface area contributed by atoms with Gasteiger partial charge in [-0.2, -0.15) is 9.78 Å². The molecule has 3 aromatic carbocycles. The average Bonchev–Trinajstić information content (AvgIpc) is 2.79. The lowest BCUT2D eigenvalue weighted by atomic mass is 10.1. The molecule has 0 bridgehead atoms. The maximum Gasteiger partial charge on any atom is 0.279 e. The molecule has 1 heterocycles. The van der Waals surface area contributed by atoms with Gasteiger partial charge in [0.15, 0.2) is 5.69 Å². The van der Waals surface area contributed by atoms with Crippen LogP contribution >= 0.6 is 0 Å². The Kier molecular flexibility index (Phi) is 5.80. The molecule has 0 aliphatic carbocycles. The van der Waals surface area contributed by atoms with Crippen LogP contribution in [0.25, 0.3) is 16.5 Å². The maximum atomic E-state index is 13.0. The van der Waals surface area contributed by atoms with Crippen LogP contribution in [0.2, 0.25) is 0 Å². The minimum Gasteiger partial charge on any atom is -0.491 e. The highest BCUT2D eigenvalue weighted by Crippen LogP contribution is 2.22. The summed E-state index contributed by atoms with van der Waals surface area (Å²) in [6.45, 7) is 4.62. The number of carbonyl (C=O) groups excluding carboxylic acids is 1. The molecule has 0 aliphatic rings. The van der Waals surface area contributed by atoms with Gasteiger partial charge in [-0.05, 0) is 43.2 Å². The molecule has 0 saturated heterocycles. The Bertz CT molecular complexity index is 1280. The van der Waals surface area contributed by atoms with Gasteiger partial charge in [0.25, 0.3) is 11.5 Å². The van der Waals surface area contributed by atoms with E-state index >= 15 is 0 Å². The predicted octanol–water partition coefficient (Wildman–Crippen LogP) is 3.81. The lowest BCUT2D eigenvalue weighted by molar-refractivity contribution is 0.0942. The topological polar surface area (TPSA) is 73.2 Å². The van der Waals surface area contributed by atoms with Gasteiger partial charge >= 0.3 is 0 Å². The largest absolute Gasteiger partial charge is 0.491 e. The number of nitrogens with one attached hydrogen (secondary N) is 1. The van der Waals surface area contributed by atoms with Gasteiger partial charge in [-0.15, -0.1) is 0 Å². The monoisotopic (exact) mass is 413 g/mol. The van der Waals surface area contributed by atoms with Gasteiger partial charge < -0.3 is 10.1 Å². The number of amides is 1. The maximum absolute atomic E-state index is 13.0. The third-order valence-corrected chi connectivity index (χ3v) is 5.06. The van der Waals surface area contributed by atoms with E-state index in [0.717, 1.165) is 16.9 Å². The van der Waals surface area contributed by atoms with Crippen molar-refractivity contribution in [1.29, 1.82) is 0 Å². The van der Waals surface area contributed by atoms with Crippen molar-refractivity contribution in [3.05, 3.63) is 100.0 Å². The normalized spacial score (nSPS) is 10.8. The van der Waals surface area contributed by atoms with Crippen LogP contribution in [-0.4, -0.2) is 28.8 Å². The molecule has 1 amide bonds. The van der Waals surface area contributed by atoms with Crippen LogP contribution in [-0.2, 0) is 0 Å². The number of nitrogens with zero attached hydrogens (tertiary/aromatic N) is 2. The van der Waals surface area contributed by atoms with Gasteiger partial charge in [-0.1, -0.05) is 54.6 Å². The van der Waals surface area contributed by atoms with E-state index in [9.17, 15) is 9.59 Å². The van der Waals surface area contributed by atoms with Gasteiger partial charge in [-0.3, -0.25) is 9.59 Å². The van der Waals surface area contributed by atoms with Crippen molar-refractivity contribution in [2.24, 2.45) is 0 Å². The van der Waals surface area contributed by atoms with Crippen LogP contribution < -0.4 is 15.6 Å². The zero-order valence-corrected chi connectivity index (χ0v) is 17.5. The molecule has 1 aromatic heterocycles. The van der Waals surface area contributed by atoms with Crippen molar-refractivity contribution >= 4 is 16.7 Å². The van der Waals surface area contributed by atoms with E-state index in [1.54, 1.807) is 36.4 Å². The Hall–Kier alpha value is -3.93. The first-order chi connectivity index (χ1) is 15.1. The van der Waals surface area contributed by atoms with Crippen LogP contribution in [0.1, 0.15) is 21.6 Å². The molecule has 1 N–H and O–H groups in total. The molecular formula is C25H23N3O3. The van der Waals surface area contributed by atoms with Gasteiger partial charge in [0.2, 0.25) is 0 Å². The predicted molar refractivity (Wildman–Crippen MR) is 121 cm³/mol. The highest BCUT2D eigenvalue weighted by molar-refractivity contribution is 6.04. The summed E-state index contributed by atoms with van der Waals surface area (Å²) in [5.74, 6) is 0.476. The summed E-state index contributed by atoms with van der Waals surface area (Å²) in [6, 6.07) is 22.0. The second-order valence-corrected chi connectivity index (χ2v) is 7.27. The lowest BCUT2D eigenvalue weighted by Gasteiger charge is -2.13. The summed E-state index contributed by atoms with van der Waals surface area (Å²) in [6.07, 6.45) is 0. The summed E-state index contributed by atoms with van der Waals surface area (Å²) < 4.78 is 7.13. The van der Waals surface area contributed by atoms with E-state index in [0.29, 0.717) is 29.6 Å².